The minimum Gasteiger partial charge on any atom is -0.465 e. The largest absolute Gasteiger partial charge is 0.465 e. The number of nitrogen functional groups attached to an aromatic ring is 1. The van der Waals surface area contributed by atoms with Crippen molar-refractivity contribution in [3.05, 3.63) is 23.8 Å². The van der Waals surface area contributed by atoms with Crippen LogP contribution in [0.25, 0.3) is 0 Å². The summed E-state index contributed by atoms with van der Waals surface area (Å²) in [5.41, 5.74) is 7.57. The van der Waals surface area contributed by atoms with Crippen molar-refractivity contribution in [2.75, 3.05) is 31.4 Å². The Hall–Kier alpha value is -1.75. The van der Waals surface area contributed by atoms with Gasteiger partial charge in [-0.3, -0.25) is 0 Å². The summed E-state index contributed by atoms with van der Waals surface area (Å²) >= 11 is 0. The predicted octanol–water partition coefficient (Wildman–Crippen LogP) is 1.26. The molecule has 17 heavy (non-hydrogen) atoms. The molecular formula is C12H16N2O3. The van der Waals surface area contributed by atoms with Crippen LogP contribution in [0.2, 0.25) is 0 Å². The molecular weight excluding hydrogens is 220 g/mol. The van der Waals surface area contributed by atoms with E-state index in [1.165, 1.54) is 7.11 Å². The third kappa shape index (κ3) is 2.34. The van der Waals surface area contributed by atoms with Gasteiger partial charge in [-0.1, -0.05) is 0 Å². The van der Waals surface area contributed by atoms with Gasteiger partial charge in [0.25, 0.3) is 0 Å². The molecule has 0 aliphatic carbocycles. The third-order valence-electron chi connectivity index (χ3n) is 2.75. The zero-order valence-corrected chi connectivity index (χ0v) is 9.95. The topological polar surface area (TPSA) is 73.6 Å². The summed E-state index contributed by atoms with van der Waals surface area (Å²) in [5, 5.41) is 3.28. The van der Waals surface area contributed by atoms with Crippen LogP contribution in [0.15, 0.2) is 18.2 Å². The quantitative estimate of drug-likeness (QED) is 0.610. The van der Waals surface area contributed by atoms with Crippen LogP contribution in [0, 0.1) is 0 Å². The Bertz CT molecular complexity index is 441. The van der Waals surface area contributed by atoms with E-state index in [1.807, 2.05) is 6.92 Å². The molecule has 2 rings (SSSR count). The lowest BCUT2D eigenvalue weighted by atomic mass is 9.99. The monoisotopic (exact) mass is 236 g/mol. The molecule has 5 heteroatoms. The van der Waals surface area contributed by atoms with E-state index in [0.29, 0.717) is 24.5 Å². The van der Waals surface area contributed by atoms with Crippen LogP contribution >= 0.6 is 0 Å². The van der Waals surface area contributed by atoms with Crippen LogP contribution in [0.1, 0.15) is 17.3 Å². The number of nitrogens with one attached hydrogen (secondary N) is 1. The minimum atomic E-state index is -0.372. The molecule has 1 fully saturated rings. The van der Waals surface area contributed by atoms with Gasteiger partial charge in [0.1, 0.15) is 0 Å². The fourth-order valence-corrected chi connectivity index (χ4v) is 1.71. The van der Waals surface area contributed by atoms with Crippen molar-refractivity contribution in [2.45, 2.75) is 12.5 Å². The number of methoxy groups -OCH3 is 1. The lowest BCUT2D eigenvalue weighted by Crippen LogP contribution is -2.53. The van der Waals surface area contributed by atoms with E-state index < -0.39 is 0 Å². The fraction of sp³-hybridized carbons (Fsp3) is 0.417. The Balaban J connectivity index is 2.23. The van der Waals surface area contributed by atoms with Crippen molar-refractivity contribution >= 4 is 17.3 Å². The average Bonchev–Trinajstić information content (AvgIpc) is 2.29. The zero-order chi connectivity index (χ0) is 12.5. The van der Waals surface area contributed by atoms with Crippen LogP contribution in [0.5, 0.6) is 0 Å². The highest BCUT2D eigenvalue weighted by atomic mass is 16.5. The van der Waals surface area contributed by atoms with Gasteiger partial charge in [-0.2, -0.15) is 0 Å². The first kappa shape index (κ1) is 11.7. The van der Waals surface area contributed by atoms with Gasteiger partial charge in [0, 0.05) is 0 Å². The molecule has 0 radical (unpaired) electrons. The first-order valence-electron chi connectivity index (χ1n) is 5.38. The van der Waals surface area contributed by atoms with Gasteiger partial charge in [-0.25, -0.2) is 4.79 Å². The molecule has 0 amide bonds. The summed E-state index contributed by atoms with van der Waals surface area (Å²) < 4.78 is 9.82. The summed E-state index contributed by atoms with van der Waals surface area (Å²) in [6.45, 7) is 3.31. The van der Waals surface area contributed by atoms with Gasteiger partial charge in [-0.05, 0) is 25.1 Å². The van der Waals surface area contributed by atoms with Gasteiger partial charge in [0.15, 0.2) is 0 Å². The molecule has 1 aromatic carbocycles. The van der Waals surface area contributed by atoms with E-state index in [4.69, 9.17) is 10.5 Å². The van der Waals surface area contributed by atoms with Crippen LogP contribution < -0.4 is 11.1 Å². The summed E-state index contributed by atoms with van der Waals surface area (Å²) in [6.07, 6.45) is 0. The van der Waals surface area contributed by atoms with Crippen LogP contribution in [0.3, 0.4) is 0 Å². The lowest BCUT2D eigenvalue weighted by Gasteiger charge is -2.40. The van der Waals surface area contributed by atoms with Gasteiger partial charge in [0.2, 0.25) is 0 Å². The molecule has 1 saturated heterocycles. The number of ether oxygens (including phenoxy) is 2. The molecule has 0 aromatic heterocycles. The van der Waals surface area contributed by atoms with Gasteiger partial charge in [0.05, 0.1) is 42.8 Å². The molecule has 1 heterocycles. The number of nitrogens with two attached hydrogens (primary N) is 1. The Morgan fingerprint density at radius 2 is 2.24 bits per heavy atom. The number of carbonyl (C=O) groups excluding carboxylic acids is 1. The van der Waals surface area contributed by atoms with Crippen LogP contribution in [-0.2, 0) is 9.47 Å². The molecule has 0 unspecified atom stereocenters. The standard InChI is InChI=1S/C12H16N2O3/c1-12(6-17-7-12)14-10-5-8(11(15)16-2)3-4-9(10)13/h3-5,14H,6-7,13H2,1-2H3. The second-order valence-electron chi connectivity index (χ2n) is 4.47. The molecule has 1 aliphatic rings. The Labute approximate surface area is 99.9 Å². The second-order valence-corrected chi connectivity index (χ2v) is 4.47. The van der Waals surface area contributed by atoms with E-state index >= 15 is 0 Å². The first-order chi connectivity index (χ1) is 8.04. The van der Waals surface area contributed by atoms with Gasteiger partial charge in [-0.15, -0.1) is 0 Å². The Morgan fingerprint density at radius 3 is 2.76 bits per heavy atom. The summed E-state index contributed by atoms with van der Waals surface area (Å²) in [4.78, 5) is 11.4. The molecule has 3 N–H and O–H groups in total. The normalized spacial score (nSPS) is 17.1. The smallest absolute Gasteiger partial charge is 0.337 e. The van der Waals surface area contributed by atoms with Crippen molar-refractivity contribution < 1.29 is 14.3 Å². The molecule has 0 atom stereocenters. The number of rotatable bonds is 3. The maximum Gasteiger partial charge on any atom is 0.337 e. The van der Waals surface area contributed by atoms with Crippen molar-refractivity contribution in [2.24, 2.45) is 0 Å². The van der Waals surface area contributed by atoms with E-state index in [1.54, 1.807) is 18.2 Å². The SMILES string of the molecule is COC(=O)c1ccc(N)c(NC2(C)COC2)c1. The molecule has 0 bridgehead atoms. The zero-order valence-electron chi connectivity index (χ0n) is 9.95. The van der Waals surface area contributed by atoms with Crippen molar-refractivity contribution in [1.82, 2.24) is 0 Å². The van der Waals surface area contributed by atoms with E-state index in [9.17, 15) is 4.79 Å². The Morgan fingerprint density at radius 1 is 1.53 bits per heavy atom. The minimum absolute atomic E-state index is 0.108. The van der Waals surface area contributed by atoms with E-state index in [2.05, 4.69) is 10.1 Å². The van der Waals surface area contributed by atoms with Crippen molar-refractivity contribution in [3.8, 4) is 0 Å². The molecule has 5 nitrogen and oxygen atoms in total. The maximum atomic E-state index is 11.4. The predicted molar refractivity (Wildman–Crippen MR) is 65.0 cm³/mol. The second kappa shape index (κ2) is 4.25. The number of hydrogen-bond acceptors (Lipinski definition) is 5. The highest BCUT2D eigenvalue weighted by Gasteiger charge is 2.33. The summed E-state index contributed by atoms with van der Waals surface area (Å²) in [7, 11) is 1.35. The molecule has 1 aliphatic heterocycles. The van der Waals surface area contributed by atoms with E-state index in [0.717, 1.165) is 5.69 Å². The highest BCUT2D eigenvalue weighted by Crippen LogP contribution is 2.27. The molecule has 1 aromatic rings. The number of carbonyl (C=O) groups is 1. The summed E-state index contributed by atoms with van der Waals surface area (Å²) in [5.74, 6) is -0.372. The van der Waals surface area contributed by atoms with Crippen LogP contribution in [-0.4, -0.2) is 31.8 Å². The molecule has 92 valence electrons. The maximum absolute atomic E-state index is 11.4. The average molecular weight is 236 g/mol. The first-order valence-corrected chi connectivity index (χ1v) is 5.38. The third-order valence-corrected chi connectivity index (χ3v) is 2.75. The Kier molecular flexibility index (Phi) is 2.93. The van der Waals surface area contributed by atoms with Gasteiger partial charge < -0.3 is 20.5 Å². The highest BCUT2D eigenvalue weighted by molar-refractivity contribution is 5.92. The molecule has 0 saturated carbocycles. The van der Waals surface area contributed by atoms with Crippen molar-refractivity contribution in [1.29, 1.82) is 0 Å². The number of esters is 1. The number of benzene rings is 1. The summed E-state index contributed by atoms with van der Waals surface area (Å²) in [6, 6.07) is 5.04. The fourth-order valence-electron chi connectivity index (χ4n) is 1.71. The van der Waals surface area contributed by atoms with E-state index in [-0.39, 0.29) is 11.5 Å². The number of anilines is 2. The van der Waals surface area contributed by atoms with Crippen molar-refractivity contribution in [3.63, 3.8) is 0 Å². The van der Waals surface area contributed by atoms with Crippen LogP contribution in [0.4, 0.5) is 11.4 Å². The lowest BCUT2D eigenvalue weighted by molar-refractivity contribution is -0.0318. The number of hydrogen-bond donors (Lipinski definition) is 2. The molecule has 0 spiro atoms. The van der Waals surface area contributed by atoms with Gasteiger partial charge >= 0.3 is 5.97 Å².